The third-order valence-corrected chi connectivity index (χ3v) is 3.54. The number of nitrogens with one attached hydrogen (secondary N) is 2. The first-order valence-electron chi connectivity index (χ1n) is 5.82. The summed E-state index contributed by atoms with van der Waals surface area (Å²) in [6.45, 7) is 7.09. The van der Waals surface area contributed by atoms with E-state index in [1.807, 2.05) is 12.4 Å². The molecule has 2 unspecified atom stereocenters. The zero-order valence-corrected chi connectivity index (χ0v) is 9.88. The molecule has 3 nitrogen and oxygen atoms in total. The lowest BCUT2D eigenvalue weighted by Crippen LogP contribution is -2.36. The van der Waals surface area contributed by atoms with Crippen molar-refractivity contribution in [2.45, 2.75) is 46.1 Å². The third-order valence-electron chi connectivity index (χ3n) is 3.54. The Labute approximate surface area is 91.7 Å². The van der Waals surface area contributed by atoms with Gasteiger partial charge < -0.3 is 5.32 Å². The third kappa shape index (κ3) is 2.52. The highest BCUT2D eigenvalue weighted by Gasteiger charge is 2.32. The van der Waals surface area contributed by atoms with Crippen LogP contribution < -0.4 is 5.32 Å². The molecular weight excluding hydrogens is 186 g/mol. The van der Waals surface area contributed by atoms with Crippen LogP contribution in [-0.4, -0.2) is 16.2 Å². The molecule has 84 valence electrons. The van der Waals surface area contributed by atoms with E-state index in [9.17, 15) is 0 Å². The highest BCUT2D eigenvalue weighted by Crippen LogP contribution is 2.39. The summed E-state index contributed by atoms with van der Waals surface area (Å²) in [7, 11) is 0. The molecule has 0 aromatic carbocycles. The Kier molecular flexibility index (Phi) is 2.72. The van der Waals surface area contributed by atoms with Crippen LogP contribution >= 0.6 is 0 Å². The zero-order chi connectivity index (χ0) is 10.9. The fraction of sp³-hybridized carbons (Fsp3) is 0.750. The molecular formula is C12H21N3. The number of anilines is 1. The number of aromatic amines is 1. The zero-order valence-electron chi connectivity index (χ0n) is 9.88. The number of nitrogens with zero attached hydrogens (tertiary/aromatic N) is 1. The van der Waals surface area contributed by atoms with Crippen LogP contribution in [-0.2, 0) is 0 Å². The predicted molar refractivity (Wildman–Crippen MR) is 62.8 cm³/mol. The summed E-state index contributed by atoms with van der Waals surface area (Å²) >= 11 is 0. The summed E-state index contributed by atoms with van der Waals surface area (Å²) in [5, 5.41) is 10.3. The van der Waals surface area contributed by atoms with Crippen LogP contribution in [0.5, 0.6) is 0 Å². The van der Waals surface area contributed by atoms with E-state index in [2.05, 4.69) is 36.3 Å². The van der Waals surface area contributed by atoms with Crippen LogP contribution in [0.3, 0.4) is 0 Å². The van der Waals surface area contributed by atoms with Gasteiger partial charge in [-0.25, -0.2) is 0 Å². The summed E-state index contributed by atoms with van der Waals surface area (Å²) in [4.78, 5) is 0. The van der Waals surface area contributed by atoms with E-state index in [-0.39, 0.29) is 0 Å². The maximum absolute atomic E-state index is 3.95. The number of rotatable bonds is 2. The highest BCUT2D eigenvalue weighted by atomic mass is 15.1. The largest absolute Gasteiger partial charge is 0.380 e. The molecule has 0 radical (unpaired) electrons. The minimum absolute atomic E-state index is 0.522. The first-order valence-corrected chi connectivity index (χ1v) is 5.82. The topological polar surface area (TPSA) is 40.7 Å². The molecule has 1 fully saturated rings. The van der Waals surface area contributed by atoms with Crippen molar-refractivity contribution in [3.8, 4) is 0 Å². The Balaban J connectivity index is 1.95. The van der Waals surface area contributed by atoms with Crippen molar-refractivity contribution in [1.29, 1.82) is 0 Å². The SMILES string of the molecule is CC1CC(C)(C)CCC1Nc1cn[nH]c1. The number of aromatic nitrogens is 2. The molecule has 0 amide bonds. The quantitative estimate of drug-likeness (QED) is 0.782. The molecule has 1 aliphatic carbocycles. The number of hydrogen-bond donors (Lipinski definition) is 2. The lowest BCUT2D eigenvalue weighted by atomic mass is 9.70. The predicted octanol–water partition coefficient (Wildman–Crippen LogP) is 3.04. The van der Waals surface area contributed by atoms with Crippen molar-refractivity contribution in [2.75, 3.05) is 5.32 Å². The average Bonchev–Trinajstić information content (AvgIpc) is 2.61. The standard InChI is InChI=1S/C12H21N3/c1-9-6-12(2,3)5-4-11(9)15-10-7-13-14-8-10/h7-9,11,15H,4-6H2,1-3H3,(H,13,14). The summed E-state index contributed by atoms with van der Waals surface area (Å²) in [5.74, 6) is 0.739. The van der Waals surface area contributed by atoms with Gasteiger partial charge in [0.15, 0.2) is 0 Å². The number of H-pyrrole nitrogens is 1. The smallest absolute Gasteiger partial charge is 0.0726 e. The Morgan fingerprint density at radius 3 is 2.93 bits per heavy atom. The molecule has 1 aromatic heterocycles. The van der Waals surface area contributed by atoms with Gasteiger partial charge in [0.05, 0.1) is 11.9 Å². The van der Waals surface area contributed by atoms with Crippen molar-refractivity contribution < 1.29 is 0 Å². The van der Waals surface area contributed by atoms with Gasteiger partial charge in [-0.15, -0.1) is 0 Å². The van der Waals surface area contributed by atoms with Crippen LogP contribution in [0.25, 0.3) is 0 Å². The fourth-order valence-electron chi connectivity index (χ4n) is 2.71. The van der Waals surface area contributed by atoms with Crippen LogP contribution in [0.4, 0.5) is 5.69 Å². The molecule has 2 N–H and O–H groups in total. The number of hydrogen-bond acceptors (Lipinski definition) is 2. The molecule has 1 heterocycles. The molecule has 0 aliphatic heterocycles. The van der Waals surface area contributed by atoms with Gasteiger partial charge in [0.2, 0.25) is 0 Å². The Hall–Kier alpha value is -0.990. The maximum Gasteiger partial charge on any atom is 0.0726 e. The first-order chi connectivity index (χ1) is 7.07. The summed E-state index contributed by atoms with van der Waals surface area (Å²) in [5.41, 5.74) is 1.64. The molecule has 2 rings (SSSR count). The van der Waals surface area contributed by atoms with E-state index in [4.69, 9.17) is 0 Å². The van der Waals surface area contributed by atoms with E-state index in [1.165, 1.54) is 19.3 Å². The maximum atomic E-state index is 3.95. The molecule has 1 saturated carbocycles. The molecule has 0 spiro atoms. The summed E-state index contributed by atoms with van der Waals surface area (Å²) in [6.07, 6.45) is 7.66. The lowest BCUT2D eigenvalue weighted by molar-refractivity contribution is 0.177. The molecule has 2 atom stereocenters. The van der Waals surface area contributed by atoms with Gasteiger partial charge in [-0.2, -0.15) is 5.10 Å². The Morgan fingerprint density at radius 2 is 2.33 bits per heavy atom. The van der Waals surface area contributed by atoms with Crippen LogP contribution in [0.15, 0.2) is 12.4 Å². The normalized spacial score (nSPS) is 30.1. The Bertz CT molecular complexity index is 303. The fourth-order valence-corrected chi connectivity index (χ4v) is 2.71. The lowest BCUT2D eigenvalue weighted by Gasteiger charge is -2.39. The summed E-state index contributed by atoms with van der Waals surface area (Å²) in [6, 6.07) is 0.607. The monoisotopic (exact) mass is 207 g/mol. The van der Waals surface area contributed by atoms with E-state index < -0.39 is 0 Å². The van der Waals surface area contributed by atoms with Gasteiger partial charge in [0.25, 0.3) is 0 Å². The van der Waals surface area contributed by atoms with Gasteiger partial charge in [0, 0.05) is 12.2 Å². The van der Waals surface area contributed by atoms with Gasteiger partial charge in [-0.3, -0.25) is 5.10 Å². The second-order valence-corrected chi connectivity index (χ2v) is 5.62. The minimum atomic E-state index is 0.522. The molecule has 0 saturated heterocycles. The van der Waals surface area contributed by atoms with Crippen molar-refractivity contribution in [3.63, 3.8) is 0 Å². The van der Waals surface area contributed by atoms with E-state index in [0.717, 1.165) is 11.6 Å². The molecule has 3 heteroatoms. The minimum Gasteiger partial charge on any atom is -0.380 e. The molecule has 0 bridgehead atoms. The second-order valence-electron chi connectivity index (χ2n) is 5.62. The highest BCUT2D eigenvalue weighted by molar-refractivity contribution is 5.39. The first kappa shape index (κ1) is 10.5. The van der Waals surface area contributed by atoms with Gasteiger partial charge in [0.1, 0.15) is 0 Å². The molecule has 1 aliphatic rings. The van der Waals surface area contributed by atoms with E-state index in [1.54, 1.807) is 0 Å². The van der Waals surface area contributed by atoms with Crippen LogP contribution in [0.2, 0.25) is 0 Å². The molecule has 15 heavy (non-hydrogen) atoms. The van der Waals surface area contributed by atoms with Crippen molar-refractivity contribution in [1.82, 2.24) is 10.2 Å². The van der Waals surface area contributed by atoms with Crippen molar-refractivity contribution in [3.05, 3.63) is 12.4 Å². The molecule has 1 aromatic rings. The average molecular weight is 207 g/mol. The summed E-state index contributed by atoms with van der Waals surface area (Å²) < 4.78 is 0. The Morgan fingerprint density at radius 1 is 1.53 bits per heavy atom. The van der Waals surface area contributed by atoms with Gasteiger partial charge >= 0.3 is 0 Å². The van der Waals surface area contributed by atoms with Crippen molar-refractivity contribution in [2.24, 2.45) is 11.3 Å². The van der Waals surface area contributed by atoms with Gasteiger partial charge in [-0.1, -0.05) is 20.8 Å². The van der Waals surface area contributed by atoms with E-state index in [0.29, 0.717) is 11.5 Å². The van der Waals surface area contributed by atoms with E-state index >= 15 is 0 Å². The van der Waals surface area contributed by atoms with Crippen molar-refractivity contribution >= 4 is 5.69 Å². The van der Waals surface area contributed by atoms with Gasteiger partial charge in [-0.05, 0) is 30.6 Å². The second kappa shape index (κ2) is 3.87. The van der Waals surface area contributed by atoms with Crippen LogP contribution in [0, 0.1) is 11.3 Å². The van der Waals surface area contributed by atoms with Crippen LogP contribution in [0.1, 0.15) is 40.0 Å².